The third-order valence-electron chi connectivity index (χ3n) is 2.44. The molecule has 1 atom stereocenters. The normalized spacial score (nSPS) is 15.2. The molecule has 1 unspecified atom stereocenters. The summed E-state index contributed by atoms with van der Waals surface area (Å²) < 4.78 is 5.54. The van der Waals surface area contributed by atoms with Gasteiger partial charge in [-0.15, -0.1) is 0 Å². The summed E-state index contributed by atoms with van der Waals surface area (Å²) in [5, 5.41) is 13.1. The van der Waals surface area contributed by atoms with Crippen molar-refractivity contribution in [2.24, 2.45) is 5.41 Å². The second-order valence-electron chi connectivity index (χ2n) is 7.11. The predicted octanol–water partition coefficient (Wildman–Crippen LogP) is 1.34. The van der Waals surface area contributed by atoms with Crippen molar-refractivity contribution in [1.29, 1.82) is 0 Å². The summed E-state index contributed by atoms with van der Waals surface area (Å²) in [4.78, 5) is 2.18. The first-order valence-corrected chi connectivity index (χ1v) is 6.69. The highest BCUT2D eigenvalue weighted by Crippen LogP contribution is 2.14. The number of aliphatic hydroxyl groups is 1. The first-order chi connectivity index (χ1) is 8.02. The Morgan fingerprint density at radius 1 is 1.17 bits per heavy atom. The van der Waals surface area contributed by atoms with Gasteiger partial charge in [0.15, 0.2) is 0 Å². The Morgan fingerprint density at radius 3 is 2.17 bits per heavy atom. The van der Waals surface area contributed by atoms with Crippen molar-refractivity contribution < 1.29 is 9.84 Å². The van der Waals surface area contributed by atoms with Crippen LogP contribution in [0.5, 0.6) is 0 Å². The molecule has 0 aliphatic carbocycles. The summed E-state index contributed by atoms with van der Waals surface area (Å²) in [5.41, 5.74) is 0.0132. The summed E-state index contributed by atoms with van der Waals surface area (Å²) in [6, 6.07) is 0. The van der Waals surface area contributed by atoms with Crippen LogP contribution in [0.3, 0.4) is 0 Å². The summed E-state index contributed by atoms with van der Waals surface area (Å²) in [7, 11) is 4.15. The number of aliphatic hydroxyl groups excluding tert-OH is 1. The zero-order valence-electron chi connectivity index (χ0n) is 13.2. The van der Waals surface area contributed by atoms with Gasteiger partial charge in [0.25, 0.3) is 0 Å². The topological polar surface area (TPSA) is 44.7 Å². The maximum Gasteiger partial charge on any atom is 0.0897 e. The van der Waals surface area contributed by atoms with E-state index < -0.39 is 6.10 Å². The second-order valence-corrected chi connectivity index (χ2v) is 7.11. The first-order valence-electron chi connectivity index (χ1n) is 6.69. The van der Waals surface area contributed by atoms with Gasteiger partial charge in [0.1, 0.15) is 0 Å². The number of ether oxygens (including phenoxy) is 1. The van der Waals surface area contributed by atoms with Crippen LogP contribution in [0.1, 0.15) is 34.6 Å². The molecule has 110 valence electrons. The fourth-order valence-corrected chi connectivity index (χ4v) is 1.89. The SMILES string of the molecule is CN(C)CC(C)(C)CNCC(O)COC(C)(C)C. The molecule has 0 aromatic carbocycles. The number of nitrogens with one attached hydrogen (secondary N) is 1. The van der Waals surface area contributed by atoms with Crippen molar-refractivity contribution in [3.8, 4) is 0 Å². The number of rotatable bonds is 8. The molecule has 0 aliphatic heterocycles. The van der Waals surface area contributed by atoms with Crippen LogP contribution in [-0.2, 0) is 4.74 Å². The van der Waals surface area contributed by atoms with E-state index in [2.05, 4.69) is 38.2 Å². The summed E-state index contributed by atoms with van der Waals surface area (Å²) >= 11 is 0. The molecule has 0 saturated heterocycles. The Morgan fingerprint density at radius 2 is 1.72 bits per heavy atom. The van der Waals surface area contributed by atoms with Gasteiger partial charge in [-0.05, 0) is 40.3 Å². The fourth-order valence-electron chi connectivity index (χ4n) is 1.89. The molecule has 0 rings (SSSR count). The molecule has 0 bridgehead atoms. The van der Waals surface area contributed by atoms with Gasteiger partial charge < -0.3 is 20.1 Å². The summed E-state index contributed by atoms with van der Waals surface area (Å²) in [5.74, 6) is 0. The van der Waals surface area contributed by atoms with Gasteiger partial charge in [-0.1, -0.05) is 13.8 Å². The molecule has 2 N–H and O–H groups in total. The zero-order chi connectivity index (χ0) is 14.4. The molecule has 0 amide bonds. The van der Waals surface area contributed by atoms with Crippen LogP contribution in [0.25, 0.3) is 0 Å². The maximum atomic E-state index is 9.79. The lowest BCUT2D eigenvalue weighted by atomic mass is 9.93. The van der Waals surface area contributed by atoms with Crippen LogP contribution in [0, 0.1) is 5.41 Å². The smallest absolute Gasteiger partial charge is 0.0897 e. The van der Waals surface area contributed by atoms with Crippen LogP contribution >= 0.6 is 0 Å². The molecule has 0 spiro atoms. The molecular formula is C14H32N2O2. The van der Waals surface area contributed by atoms with E-state index in [9.17, 15) is 5.11 Å². The minimum atomic E-state index is -0.445. The van der Waals surface area contributed by atoms with Crippen molar-refractivity contribution in [1.82, 2.24) is 10.2 Å². The molecule has 0 fully saturated rings. The number of hydrogen-bond acceptors (Lipinski definition) is 4. The number of nitrogens with zero attached hydrogens (tertiary/aromatic N) is 1. The van der Waals surface area contributed by atoms with E-state index in [1.807, 2.05) is 20.8 Å². The Hall–Kier alpha value is -0.160. The van der Waals surface area contributed by atoms with Crippen LogP contribution in [0.15, 0.2) is 0 Å². The van der Waals surface area contributed by atoms with Gasteiger partial charge in [-0.25, -0.2) is 0 Å². The molecule has 0 aliphatic rings. The lowest BCUT2D eigenvalue weighted by Crippen LogP contribution is -2.41. The highest BCUT2D eigenvalue weighted by molar-refractivity contribution is 4.75. The predicted molar refractivity (Wildman–Crippen MR) is 76.9 cm³/mol. The van der Waals surface area contributed by atoms with Gasteiger partial charge in [0.2, 0.25) is 0 Å². The van der Waals surface area contributed by atoms with Crippen LogP contribution < -0.4 is 5.32 Å². The standard InChI is InChI=1S/C14H32N2O2/c1-13(2,3)18-9-12(17)8-15-10-14(4,5)11-16(6)7/h12,15,17H,8-11H2,1-7H3. The van der Waals surface area contributed by atoms with Crippen LogP contribution in [0.4, 0.5) is 0 Å². The van der Waals surface area contributed by atoms with Gasteiger partial charge in [-0.3, -0.25) is 0 Å². The monoisotopic (exact) mass is 260 g/mol. The maximum absolute atomic E-state index is 9.79. The molecule has 0 saturated carbocycles. The molecule has 0 heterocycles. The minimum absolute atomic E-state index is 0.189. The van der Waals surface area contributed by atoms with E-state index in [0.717, 1.165) is 13.1 Å². The van der Waals surface area contributed by atoms with Gasteiger partial charge in [0, 0.05) is 19.6 Å². The van der Waals surface area contributed by atoms with Crippen molar-refractivity contribution in [2.45, 2.75) is 46.3 Å². The molecule has 4 heteroatoms. The zero-order valence-corrected chi connectivity index (χ0v) is 13.2. The molecule has 0 aromatic heterocycles. The largest absolute Gasteiger partial charge is 0.389 e. The lowest BCUT2D eigenvalue weighted by Gasteiger charge is -2.29. The quantitative estimate of drug-likeness (QED) is 0.691. The van der Waals surface area contributed by atoms with Gasteiger partial charge in [-0.2, -0.15) is 0 Å². The van der Waals surface area contributed by atoms with Crippen LogP contribution in [-0.4, -0.2) is 62.0 Å². The summed E-state index contributed by atoms with van der Waals surface area (Å²) in [6.07, 6.45) is -0.445. The molecule has 18 heavy (non-hydrogen) atoms. The molecular weight excluding hydrogens is 228 g/mol. The van der Waals surface area contributed by atoms with Gasteiger partial charge in [0.05, 0.1) is 18.3 Å². The van der Waals surface area contributed by atoms with E-state index in [4.69, 9.17) is 4.74 Å². The molecule has 0 radical (unpaired) electrons. The van der Waals surface area contributed by atoms with E-state index in [1.165, 1.54) is 0 Å². The van der Waals surface area contributed by atoms with Crippen molar-refractivity contribution >= 4 is 0 Å². The minimum Gasteiger partial charge on any atom is -0.389 e. The average Bonchev–Trinajstić information content (AvgIpc) is 2.11. The van der Waals surface area contributed by atoms with E-state index in [0.29, 0.717) is 13.2 Å². The molecule has 0 aromatic rings. The Labute approximate surface area is 113 Å². The average molecular weight is 260 g/mol. The second kappa shape index (κ2) is 7.43. The number of hydrogen-bond donors (Lipinski definition) is 2. The van der Waals surface area contributed by atoms with Gasteiger partial charge >= 0.3 is 0 Å². The fraction of sp³-hybridized carbons (Fsp3) is 1.00. The highest BCUT2D eigenvalue weighted by atomic mass is 16.5. The van der Waals surface area contributed by atoms with Crippen LogP contribution in [0.2, 0.25) is 0 Å². The highest BCUT2D eigenvalue weighted by Gasteiger charge is 2.19. The van der Waals surface area contributed by atoms with Crippen molar-refractivity contribution in [3.05, 3.63) is 0 Å². The van der Waals surface area contributed by atoms with E-state index >= 15 is 0 Å². The van der Waals surface area contributed by atoms with Crippen molar-refractivity contribution in [2.75, 3.05) is 40.3 Å². The van der Waals surface area contributed by atoms with E-state index in [1.54, 1.807) is 0 Å². The van der Waals surface area contributed by atoms with E-state index in [-0.39, 0.29) is 11.0 Å². The third kappa shape index (κ3) is 11.0. The lowest BCUT2D eigenvalue weighted by molar-refractivity contribution is -0.0482. The van der Waals surface area contributed by atoms with Crippen molar-refractivity contribution in [3.63, 3.8) is 0 Å². The third-order valence-corrected chi connectivity index (χ3v) is 2.44. The Bertz CT molecular complexity index is 222. The Balaban J connectivity index is 3.77. The summed E-state index contributed by atoms with van der Waals surface area (Å²) in [6.45, 7) is 13.3. The Kier molecular flexibility index (Phi) is 7.37. The molecule has 4 nitrogen and oxygen atoms in total. The first kappa shape index (κ1) is 17.8.